The molecule has 4 aromatic rings. The number of ether oxygens (including phenoxy) is 1. The number of hydrogen-bond donors (Lipinski definition) is 0. The van der Waals surface area contributed by atoms with Crippen LogP contribution < -0.4 is 0 Å². The van der Waals surface area contributed by atoms with Crippen LogP contribution in [0.25, 0.3) is 21.8 Å². The van der Waals surface area contributed by atoms with Gasteiger partial charge in [0.15, 0.2) is 0 Å². The Morgan fingerprint density at radius 3 is 2.11 bits per heavy atom. The number of carbonyl (C=O) groups is 2. The number of aromatic nitrogens is 2. The number of halogens is 5. The average molecular weight is 646 g/mol. The van der Waals surface area contributed by atoms with Crippen LogP contribution in [-0.2, 0) is 16.6 Å². The second-order valence-corrected chi connectivity index (χ2v) is 9.95. The molecule has 2 aromatic heterocycles. The zero-order valence-corrected chi connectivity index (χ0v) is 23.7. The summed E-state index contributed by atoms with van der Waals surface area (Å²) in [5, 5.41) is 3.67. The molecular weight excluding hydrogens is 624 g/mol. The summed E-state index contributed by atoms with van der Waals surface area (Å²) in [5.74, 6) is -0.560. The number of amides is 1. The summed E-state index contributed by atoms with van der Waals surface area (Å²) in [6.45, 7) is 3.12. The molecule has 0 fully saturated rings. The summed E-state index contributed by atoms with van der Waals surface area (Å²) in [6, 6.07) is 10.5. The Morgan fingerprint density at radius 2 is 1.57 bits per heavy atom. The van der Waals surface area contributed by atoms with Crippen molar-refractivity contribution in [3.8, 4) is 0 Å². The van der Waals surface area contributed by atoms with Crippen molar-refractivity contribution in [1.82, 2.24) is 14.9 Å². The van der Waals surface area contributed by atoms with Gasteiger partial charge in [-0.2, -0.15) is 0 Å². The zero-order valence-electron chi connectivity index (χ0n) is 19.0. The number of pyridine rings is 2. The number of benzene rings is 2. The van der Waals surface area contributed by atoms with Gasteiger partial charge in [0.1, 0.15) is 5.56 Å². The van der Waals surface area contributed by atoms with Crippen molar-refractivity contribution in [3.05, 3.63) is 79.0 Å². The van der Waals surface area contributed by atoms with E-state index in [2.05, 4.69) is 25.9 Å². The van der Waals surface area contributed by atoms with Crippen molar-refractivity contribution in [3.63, 3.8) is 0 Å². The smallest absolute Gasteiger partial charge is 0.341 e. The van der Waals surface area contributed by atoms with E-state index in [-0.39, 0.29) is 18.9 Å². The Labute approximate surface area is 242 Å². The minimum atomic E-state index is -0.510. The average Bonchev–Trinajstić information content (AvgIpc) is 3.20. The lowest BCUT2D eigenvalue weighted by atomic mass is 10.1. The number of rotatable bonds is 3. The second kappa shape index (κ2) is 12.1. The lowest BCUT2D eigenvalue weighted by molar-refractivity contribution is 0.0599. The van der Waals surface area contributed by atoms with E-state index in [0.717, 1.165) is 16.6 Å². The lowest BCUT2D eigenvalue weighted by Gasteiger charge is -2.10. The van der Waals surface area contributed by atoms with Crippen LogP contribution in [0.1, 0.15) is 46.5 Å². The van der Waals surface area contributed by atoms with Gasteiger partial charge in [0.25, 0.3) is 5.91 Å². The Bertz CT molecular complexity index is 1530. The van der Waals surface area contributed by atoms with E-state index in [1.54, 1.807) is 35.2 Å². The number of nitrogens with zero attached hydrogens (tertiary/aromatic N) is 3. The molecule has 194 valence electrons. The normalized spacial score (nSPS) is 12.2. The first-order valence-electron chi connectivity index (χ1n) is 10.7. The highest BCUT2D eigenvalue weighted by Crippen LogP contribution is 2.35. The predicted molar refractivity (Wildman–Crippen MR) is 155 cm³/mol. The second-order valence-electron chi connectivity index (χ2n) is 7.76. The third-order valence-electron chi connectivity index (χ3n) is 5.66. The summed E-state index contributed by atoms with van der Waals surface area (Å²) in [4.78, 5) is 34.5. The maximum atomic E-state index is 12.1. The minimum absolute atomic E-state index is 0. The van der Waals surface area contributed by atoms with Crippen molar-refractivity contribution in [1.29, 1.82) is 0 Å². The molecule has 5 rings (SSSR count). The van der Waals surface area contributed by atoms with Gasteiger partial charge in [-0.15, -0.1) is 0 Å². The van der Waals surface area contributed by atoms with E-state index in [4.69, 9.17) is 51.1 Å². The summed E-state index contributed by atoms with van der Waals surface area (Å²) in [7, 11) is 1.30. The molecule has 0 N–H and O–H groups in total. The number of fused-ring (bicyclic) bond motifs is 3. The molecular formula is C26H22BrCl4N3O3. The van der Waals surface area contributed by atoms with Gasteiger partial charge < -0.3 is 9.64 Å². The summed E-state index contributed by atoms with van der Waals surface area (Å²) in [6.07, 6.45) is 0. The molecule has 0 aliphatic carbocycles. The fraction of sp³-hybridized carbons (Fsp3) is 0.231. The molecule has 11 heteroatoms. The van der Waals surface area contributed by atoms with Gasteiger partial charge in [0.05, 0.1) is 51.7 Å². The number of esters is 1. The van der Waals surface area contributed by atoms with Crippen LogP contribution >= 0.6 is 62.3 Å². The van der Waals surface area contributed by atoms with Crippen LogP contribution in [0.15, 0.2) is 36.4 Å². The zero-order chi connectivity index (χ0) is 26.1. The SMILES string of the molecule is C.CCN1Cc2nc3ccc(Cl)cc3c(Cl)c2C1=O.COC(=O)c1c(CBr)nc2ccc(Cl)cc2c1Cl. The van der Waals surface area contributed by atoms with Gasteiger partial charge in [0, 0.05) is 32.7 Å². The van der Waals surface area contributed by atoms with E-state index in [1.165, 1.54) is 7.11 Å². The first kappa shape index (κ1) is 29.4. The molecule has 6 nitrogen and oxygen atoms in total. The molecule has 0 saturated heterocycles. The standard InChI is InChI=1S/C13H10Cl2N2O.C12H8BrCl2NO2.CH4/c1-2-17-6-10-11(13(17)18)12(15)8-5-7(14)3-4-9(8)16-10;1-18-12(17)10-9(5-13)16-8-3-2-6(14)4-7(8)11(10)15;/h3-5H,2,6H2,1H3;2-4H,5H2,1H3;1H4. The van der Waals surface area contributed by atoms with Gasteiger partial charge in [0.2, 0.25) is 0 Å². The Kier molecular flexibility index (Phi) is 9.64. The summed E-state index contributed by atoms with van der Waals surface area (Å²) >= 11 is 27.7. The van der Waals surface area contributed by atoms with Crippen LogP contribution in [-0.4, -0.2) is 40.4 Å². The van der Waals surface area contributed by atoms with E-state index >= 15 is 0 Å². The molecule has 0 bridgehead atoms. The minimum Gasteiger partial charge on any atom is -0.465 e. The largest absolute Gasteiger partial charge is 0.465 e. The molecule has 0 atom stereocenters. The van der Waals surface area contributed by atoms with E-state index in [1.807, 2.05) is 13.0 Å². The van der Waals surface area contributed by atoms with E-state index in [9.17, 15) is 9.59 Å². The highest BCUT2D eigenvalue weighted by atomic mass is 79.9. The Morgan fingerprint density at radius 1 is 1.00 bits per heavy atom. The highest BCUT2D eigenvalue weighted by molar-refractivity contribution is 9.08. The maximum absolute atomic E-state index is 12.1. The molecule has 0 radical (unpaired) electrons. The summed E-state index contributed by atoms with van der Waals surface area (Å²) < 4.78 is 4.72. The number of methoxy groups -OCH3 is 1. The molecule has 1 aliphatic heterocycles. The van der Waals surface area contributed by atoms with Crippen LogP contribution in [0.5, 0.6) is 0 Å². The number of hydrogen-bond acceptors (Lipinski definition) is 5. The molecule has 3 heterocycles. The van der Waals surface area contributed by atoms with Gasteiger partial charge >= 0.3 is 5.97 Å². The third-order valence-corrected chi connectivity index (χ3v) is 7.44. The Balaban J connectivity index is 0.000000200. The van der Waals surface area contributed by atoms with Crippen molar-refractivity contribution < 1.29 is 14.3 Å². The quantitative estimate of drug-likeness (QED) is 0.165. The van der Waals surface area contributed by atoms with Crippen LogP contribution in [0.2, 0.25) is 20.1 Å². The van der Waals surface area contributed by atoms with Crippen LogP contribution in [0.3, 0.4) is 0 Å². The molecule has 0 unspecified atom stereocenters. The molecule has 0 saturated carbocycles. The van der Waals surface area contributed by atoms with Gasteiger partial charge in [-0.05, 0) is 43.3 Å². The fourth-order valence-electron chi connectivity index (χ4n) is 3.89. The van der Waals surface area contributed by atoms with Crippen LogP contribution in [0.4, 0.5) is 0 Å². The topological polar surface area (TPSA) is 72.4 Å². The molecule has 1 amide bonds. The van der Waals surface area contributed by atoms with Gasteiger partial charge in [-0.25, -0.2) is 9.78 Å². The first-order valence-corrected chi connectivity index (χ1v) is 13.3. The fourth-order valence-corrected chi connectivity index (χ4v) is 5.32. The van der Waals surface area contributed by atoms with Crippen molar-refractivity contribution in [2.75, 3.05) is 13.7 Å². The monoisotopic (exact) mass is 643 g/mol. The molecule has 1 aliphatic rings. The van der Waals surface area contributed by atoms with Crippen molar-refractivity contribution >= 4 is 96.0 Å². The predicted octanol–water partition coefficient (Wildman–Crippen LogP) is 8.38. The van der Waals surface area contributed by atoms with Crippen molar-refractivity contribution in [2.45, 2.75) is 26.2 Å². The number of alkyl halides is 1. The lowest BCUT2D eigenvalue weighted by Crippen LogP contribution is -2.23. The maximum Gasteiger partial charge on any atom is 0.341 e. The molecule has 2 aromatic carbocycles. The first-order chi connectivity index (χ1) is 17.2. The number of carbonyl (C=O) groups excluding carboxylic acids is 2. The highest BCUT2D eigenvalue weighted by Gasteiger charge is 2.31. The van der Waals surface area contributed by atoms with Crippen molar-refractivity contribution in [2.24, 2.45) is 0 Å². The van der Waals surface area contributed by atoms with Crippen LogP contribution in [0, 0.1) is 0 Å². The van der Waals surface area contributed by atoms with Gasteiger partial charge in [-0.1, -0.05) is 69.8 Å². The van der Waals surface area contributed by atoms with E-state index in [0.29, 0.717) is 60.7 Å². The van der Waals surface area contributed by atoms with Gasteiger partial charge in [-0.3, -0.25) is 9.78 Å². The summed E-state index contributed by atoms with van der Waals surface area (Å²) in [5.41, 5.74) is 3.54. The van der Waals surface area contributed by atoms with E-state index < -0.39 is 5.97 Å². The molecule has 37 heavy (non-hydrogen) atoms. The Hall–Kier alpha value is -2.16. The molecule has 0 spiro atoms. The third kappa shape index (κ3) is 5.66.